The lowest BCUT2D eigenvalue weighted by atomic mass is 9.99. The normalized spacial score (nSPS) is 25.9. The third-order valence-corrected chi connectivity index (χ3v) is 6.22. The fourth-order valence-electron chi connectivity index (χ4n) is 4.01. The third kappa shape index (κ3) is 13.3. The summed E-state index contributed by atoms with van der Waals surface area (Å²) >= 11 is 0. The van der Waals surface area contributed by atoms with Gasteiger partial charge in [-0.1, -0.05) is 84.0 Å². The molecule has 6 atom stereocenters. The Morgan fingerprint density at radius 2 is 1.32 bits per heavy atom. The predicted molar refractivity (Wildman–Crippen MR) is 127 cm³/mol. The minimum atomic E-state index is -1.55. The van der Waals surface area contributed by atoms with E-state index < -0.39 is 43.4 Å². The number of ether oxygens (including phenoxy) is 3. The Morgan fingerprint density at radius 3 is 1.85 bits per heavy atom. The summed E-state index contributed by atoms with van der Waals surface area (Å²) in [4.78, 5) is 11.8. The number of hydrogen-bond acceptors (Lipinski definition) is 9. The molecule has 34 heavy (non-hydrogen) atoms. The van der Waals surface area contributed by atoms with E-state index in [1.807, 2.05) is 0 Å². The molecule has 0 aromatic rings. The summed E-state index contributed by atoms with van der Waals surface area (Å²) in [6.45, 7) is 1.11. The van der Waals surface area contributed by atoms with Crippen molar-refractivity contribution < 1.29 is 44.5 Å². The summed E-state index contributed by atoms with van der Waals surface area (Å²) in [5.41, 5.74) is 0. The topological polar surface area (TPSA) is 146 Å². The monoisotopic (exact) mass is 492 g/mol. The largest absolute Gasteiger partial charge is 0.463 e. The van der Waals surface area contributed by atoms with Crippen LogP contribution in [0.3, 0.4) is 0 Å². The van der Waals surface area contributed by atoms with Crippen LogP contribution in [0.2, 0.25) is 0 Å². The Kier molecular flexibility index (Phi) is 17.8. The molecule has 0 bridgehead atoms. The van der Waals surface area contributed by atoms with E-state index in [1.54, 1.807) is 0 Å². The minimum Gasteiger partial charge on any atom is -0.463 e. The fourth-order valence-corrected chi connectivity index (χ4v) is 4.01. The number of carbonyl (C=O) groups is 1. The number of carbonyl (C=O) groups excluding carboxylic acids is 1. The molecule has 9 nitrogen and oxygen atoms in total. The molecule has 2 unspecified atom stereocenters. The minimum absolute atomic E-state index is 0.255. The van der Waals surface area contributed by atoms with E-state index in [4.69, 9.17) is 19.3 Å². The summed E-state index contributed by atoms with van der Waals surface area (Å²) in [6, 6.07) is 0. The molecule has 0 radical (unpaired) electrons. The van der Waals surface area contributed by atoms with Crippen molar-refractivity contribution >= 4 is 5.97 Å². The molecule has 202 valence electrons. The first-order valence-corrected chi connectivity index (χ1v) is 13.2. The van der Waals surface area contributed by atoms with Gasteiger partial charge in [0.1, 0.15) is 37.1 Å². The molecule has 9 heteroatoms. The second-order valence-electron chi connectivity index (χ2n) is 9.36. The van der Waals surface area contributed by atoms with Crippen LogP contribution in [0.5, 0.6) is 0 Å². The Morgan fingerprint density at radius 1 is 0.794 bits per heavy atom. The molecular formula is C25H48O9. The molecule has 5 N–H and O–H groups in total. The number of esters is 1. The molecule has 1 aliphatic rings. The lowest BCUT2D eigenvalue weighted by molar-refractivity contribution is -0.305. The van der Waals surface area contributed by atoms with Crippen LogP contribution in [0.4, 0.5) is 0 Å². The average molecular weight is 493 g/mol. The van der Waals surface area contributed by atoms with Crippen LogP contribution in [0, 0.1) is 0 Å². The molecular weight excluding hydrogens is 444 g/mol. The van der Waals surface area contributed by atoms with Crippen molar-refractivity contribution in [3.63, 3.8) is 0 Å². The van der Waals surface area contributed by atoms with E-state index in [1.165, 1.54) is 64.2 Å². The van der Waals surface area contributed by atoms with Crippen molar-refractivity contribution in [3.8, 4) is 0 Å². The molecule has 0 amide bonds. The fraction of sp³-hybridized carbons (Fsp3) is 0.960. The Balaban J connectivity index is 1.99. The van der Waals surface area contributed by atoms with Crippen LogP contribution >= 0.6 is 0 Å². The van der Waals surface area contributed by atoms with Gasteiger partial charge in [-0.15, -0.1) is 0 Å². The third-order valence-electron chi connectivity index (χ3n) is 6.22. The van der Waals surface area contributed by atoms with E-state index in [-0.39, 0.29) is 19.2 Å². The van der Waals surface area contributed by atoms with E-state index in [0.717, 1.165) is 19.3 Å². The molecule has 1 saturated heterocycles. The lowest BCUT2D eigenvalue weighted by Gasteiger charge is -2.39. The molecule has 1 aliphatic heterocycles. The summed E-state index contributed by atoms with van der Waals surface area (Å²) in [6.07, 6.45) is 8.18. The van der Waals surface area contributed by atoms with Gasteiger partial charge in [-0.2, -0.15) is 0 Å². The highest BCUT2D eigenvalue weighted by molar-refractivity contribution is 5.69. The quantitative estimate of drug-likeness (QED) is 0.127. The van der Waals surface area contributed by atoms with Gasteiger partial charge < -0.3 is 39.7 Å². The molecule has 0 aromatic heterocycles. The maximum absolute atomic E-state index is 11.8. The first-order chi connectivity index (χ1) is 16.4. The molecule has 1 rings (SSSR count). The smallest absolute Gasteiger partial charge is 0.305 e. The van der Waals surface area contributed by atoms with Crippen LogP contribution in [0.25, 0.3) is 0 Å². The second kappa shape index (κ2) is 19.4. The van der Waals surface area contributed by atoms with Crippen LogP contribution in [0.15, 0.2) is 0 Å². The Hall–Kier alpha value is -0.810. The van der Waals surface area contributed by atoms with Crippen molar-refractivity contribution in [2.24, 2.45) is 0 Å². The molecule has 1 heterocycles. The van der Waals surface area contributed by atoms with Gasteiger partial charge >= 0.3 is 5.97 Å². The van der Waals surface area contributed by atoms with Gasteiger partial charge in [0.2, 0.25) is 0 Å². The summed E-state index contributed by atoms with van der Waals surface area (Å²) in [5, 5.41) is 48.4. The first kappa shape index (κ1) is 31.2. The number of unbranched alkanes of at least 4 members (excludes halogenated alkanes) is 12. The van der Waals surface area contributed by atoms with Crippen LogP contribution < -0.4 is 0 Å². The zero-order valence-electron chi connectivity index (χ0n) is 20.9. The Labute approximate surface area is 204 Å². The number of rotatable bonds is 20. The van der Waals surface area contributed by atoms with Gasteiger partial charge in [0.05, 0.1) is 13.2 Å². The van der Waals surface area contributed by atoms with E-state index >= 15 is 0 Å². The second-order valence-corrected chi connectivity index (χ2v) is 9.36. The van der Waals surface area contributed by atoms with E-state index in [9.17, 15) is 25.2 Å². The number of aliphatic hydroxyl groups excluding tert-OH is 5. The van der Waals surface area contributed by atoms with Crippen molar-refractivity contribution in [1.29, 1.82) is 0 Å². The van der Waals surface area contributed by atoms with Gasteiger partial charge in [0, 0.05) is 6.42 Å². The molecule has 1 fully saturated rings. The van der Waals surface area contributed by atoms with Crippen molar-refractivity contribution in [3.05, 3.63) is 0 Å². The Bertz CT molecular complexity index is 503. The maximum Gasteiger partial charge on any atom is 0.305 e. The maximum atomic E-state index is 11.8. The van der Waals surface area contributed by atoms with Crippen LogP contribution in [-0.4, -0.2) is 88.1 Å². The summed E-state index contributed by atoms with van der Waals surface area (Å²) in [7, 11) is 0. The van der Waals surface area contributed by atoms with Crippen molar-refractivity contribution in [2.75, 3.05) is 19.8 Å². The van der Waals surface area contributed by atoms with Gasteiger partial charge in [-0.3, -0.25) is 4.79 Å². The van der Waals surface area contributed by atoms with Gasteiger partial charge in [-0.05, 0) is 6.42 Å². The first-order valence-electron chi connectivity index (χ1n) is 13.2. The van der Waals surface area contributed by atoms with E-state index in [2.05, 4.69) is 6.92 Å². The highest BCUT2D eigenvalue weighted by Gasteiger charge is 2.44. The van der Waals surface area contributed by atoms with Gasteiger partial charge in [-0.25, -0.2) is 0 Å². The van der Waals surface area contributed by atoms with Crippen LogP contribution in [0.1, 0.15) is 96.8 Å². The van der Waals surface area contributed by atoms with Crippen molar-refractivity contribution in [1.82, 2.24) is 0 Å². The average Bonchev–Trinajstić information content (AvgIpc) is 2.83. The molecule has 0 aliphatic carbocycles. The van der Waals surface area contributed by atoms with Crippen LogP contribution in [-0.2, 0) is 19.0 Å². The molecule has 0 saturated carbocycles. The van der Waals surface area contributed by atoms with Gasteiger partial charge in [0.25, 0.3) is 0 Å². The highest BCUT2D eigenvalue weighted by atomic mass is 16.7. The molecule has 0 aromatic carbocycles. The van der Waals surface area contributed by atoms with E-state index in [0.29, 0.717) is 6.42 Å². The zero-order chi connectivity index (χ0) is 25.2. The predicted octanol–water partition coefficient (Wildman–Crippen LogP) is 2.19. The number of hydrogen-bond donors (Lipinski definition) is 5. The van der Waals surface area contributed by atoms with Gasteiger partial charge in [0.15, 0.2) is 6.29 Å². The zero-order valence-corrected chi connectivity index (χ0v) is 20.9. The SMILES string of the molecule is CCCCCCCCCCCCCCCC(=O)OCC(O)COC1O[C@H](CO)[C@@H](O)[C@H](O)[C@H]1O. The number of aliphatic hydroxyl groups is 5. The van der Waals surface area contributed by atoms with Crippen molar-refractivity contribution in [2.45, 2.75) is 134 Å². The highest BCUT2D eigenvalue weighted by Crippen LogP contribution is 2.22. The lowest BCUT2D eigenvalue weighted by Crippen LogP contribution is -2.59. The summed E-state index contributed by atoms with van der Waals surface area (Å²) in [5.74, 6) is -0.380. The molecule has 0 spiro atoms. The summed E-state index contributed by atoms with van der Waals surface area (Å²) < 4.78 is 15.5. The standard InChI is InChI=1S/C25H48O9/c1-2-3-4-5-6-7-8-9-10-11-12-13-14-15-21(28)32-17-19(27)18-33-25-24(31)23(30)22(29)20(16-26)34-25/h19-20,22-27,29-31H,2-18H2,1H3/t19?,20-,22-,23+,24-,25?/m1/s1.